The number of halogens is 1. The number of carbonyl (C=O) groups is 1. The van der Waals surface area contributed by atoms with Crippen molar-refractivity contribution in [2.45, 2.75) is 38.3 Å². The first kappa shape index (κ1) is 16.8. The van der Waals surface area contributed by atoms with Crippen molar-refractivity contribution in [1.29, 1.82) is 0 Å². The van der Waals surface area contributed by atoms with Crippen molar-refractivity contribution in [2.75, 3.05) is 13.7 Å². The Morgan fingerprint density at radius 2 is 2.35 bits per heavy atom. The van der Waals surface area contributed by atoms with E-state index in [-0.39, 0.29) is 30.4 Å². The highest BCUT2D eigenvalue weighted by atomic mass is 35.5. The molecule has 1 aromatic carbocycles. The first-order valence-corrected chi connectivity index (χ1v) is 6.85. The molecule has 1 aliphatic rings. The Kier molecular flexibility index (Phi) is 6.82. The average molecular weight is 299 g/mol. The van der Waals surface area contributed by atoms with E-state index in [4.69, 9.17) is 4.74 Å². The van der Waals surface area contributed by atoms with Crippen LogP contribution in [0.15, 0.2) is 24.3 Å². The summed E-state index contributed by atoms with van der Waals surface area (Å²) in [6.45, 7) is 2.98. The van der Waals surface area contributed by atoms with Crippen LogP contribution in [0, 0.1) is 0 Å². The van der Waals surface area contributed by atoms with Gasteiger partial charge in [0.1, 0.15) is 5.75 Å². The highest BCUT2D eigenvalue weighted by molar-refractivity contribution is 5.85. The van der Waals surface area contributed by atoms with Gasteiger partial charge in [0.15, 0.2) is 0 Å². The normalized spacial score (nSPS) is 19.0. The summed E-state index contributed by atoms with van der Waals surface area (Å²) in [7, 11) is 1.66. The molecule has 0 aromatic heterocycles. The minimum Gasteiger partial charge on any atom is -0.497 e. The van der Waals surface area contributed by atoms with E-state index in [1.54, 1.807) is 7.11 Å². The topological polar surface area (TPSA) is 50.4 Å². The molecule has 2 N–H and O–H groups in total. The second-order valence-electron chi connectivity index (χ2n) is 5.11. The molecule has 0 saturated carbocycles. The van der Waals surface area contributed by atoms with Crippen LogP contribution in [0.1, 0.15) is 25.3 Å². The van der Waals surface area contributed by atoms with Gasteiger partial charge in [-0.15, -0.1) is 12.4 Å². The fraction of sp³-hybridized carbons (Fsp3) is 0.533. The number of nitrogens with one attached hydrogen (secondary N) is 2. The number of benzene rings is 1. The largest absolute Gasteiger partial charge is 0.497 e. The van der Waals surface area contributed by atoms with Gasteiger partial charge >= 0.3 is 0 Å². The van der Waals surface area contributed by atoms with Gasteiger partial charge in [-0.05, 0) is 50.4 Å². The van der Waals surface area contributed by atoms with Gasteiger partial charge in [0.05, 0.1) is 13.2 Å². The summed E-state index contributed by atoms with van der Waals surface area (Å²) in [5.74, 6) is 0.974. The summed E-state index contributed by atoms with van der Waals surface area (Å²) in [4.78, 5) is 12.0. The molecule has 5 heteroatoms. The van der Waals surface area contributed by atoms with Crippen molar-refractivity contribution in [2.24, 2.45) is 0 Å². The molecule has 1 fully saturated rings. The smallest absolute Gasteiger partial charge is 0.237 e. The molecule has 112 valence electrons. The van der Waals surface area contributed by atoms with E-state index >= 15 is 0 Å². The van der Waals surface area contributed by atoms with Gasteiger partial charge in [0.2, 0.25) is 5.91 Å². The molecule has 1 amide bonds. The van der Waals surface area contributed by atoms with Gasteiger partial charge in [-0.3, -0.25) is 4.79 Å². The average Bonchev–Trinajstić information content (AvgIpc) is 2.92. The van der Waals surface area contributed by atoms with Crippen LogP contribution < -0.4 is 15.4 Å². The maximum atomic E-state index is 12.0. The van der Waals surface area contributed by atoms with E-state index in [2.05, 4.69) is 16.7 Å². The summed E-state index contributed by atoms with van der Waals surface area (Å²) < 4.78 is 5.20. The maximum absolute atomic E-state index is 12.0. The van der Waals surface area contributed by atoms with Crippen LogP contribution in [0.3, 0.4) is 0 Å². The molecule has 2 rings (SSSR count). The Morgan fingerprint density at radius 1 is 1.55 bits per heavy atom. The molecule has 4 nitrogen and oxygen atoms in total. The van der Waals surface area contributed by atoms with Crippen LogP contribution in [0.5, 0.6) is 5.75 Å². The molecule has 1 aliphatic heterocycles. The lowest BCUT2D eigenvalue weighted by Crippen LogP contribution is -2.44. The summed E-state index contributed by atoms with van der Waals surface area (Å²) >= 11 is 0. The van der Waals surface area contributed by atoms with Crippen LogP contribution in [0.25, 0.3) is 0 Å². The highest BCUT2D eigenvalue weighted by Crippen LogP contribution is 2.14. The number of hydrogen-bond acceptors (Lipinski definition) is 3. The number of carbonyl (C=O) groups excluding carboxylic acids is 1. The Balaban J connectivity index is 0.00000200. The summed E-state index contributed by atoms with van der Waals surface area (Å²) in [5, 5.41) is 6.28. The Morgan fingerprint density at radius 3 is 3.00 bits per heavy atom. The van der Waals surface area contributed by atoms with E-state index in [1.807, 2.05) is 25.1 Å². The Hall–Kier alpha value is -1.26. The van der Waals surface area contributed by atoms with Crippen molar-refractivity contribution in [3.63, 3.8) is 0 Å². The minimum absolute atomic E-state index is 0. The van der Waals surface area contributed by atoms with Crippen molar-refractivity contribution >= 4 is 18.3 Å². The second kappa shape index (κ2) is 8.12. The van der Waals surface area contributed by atoms with Crippen LogP contribution in [0.2, 0.25) is 0 Å². The molecular formula is C15H23ClN2O2. The number of methoxy groups -OCH3 is 1. The number of ether oxygens (including phenoxy) is 1. The van der Waals surface area contributed by atoms with Gasteiger partial charge in [0.25, 0.3) is 0 Å². The fourth-order valence-electron chi connectivity index (χ4n) is 2.46. The van der Waals surface area contributed by atoms with E-state index in [0.29, 0.717) is 0 Å². The lowest BCUT2D eigenvalue weighted by molar-refractivity contribution is -0.123. The predicted molar refractivity (Wildman–Crippen MR) is 82.6 cm³/mol. The van der Waals surface area contributed by atoms with Gasteiger partial charge < -0.3 is 15.4 Å². The van der Waals surface area contributed by atoms with Crippen molar-refractivity contribution in [3.05, 3.63) is 29.8 Å². The third-order valence-electron chi connectivity index (χ3n) is 3.44. The molecule has 1 heterocycles. The van der Waals surface area contributed by atoms with Crippen molar-refractivity contribution in [3.8, 4) is 5.75 Å². The van der Waals surface area contributed by atoms with Crippen molar-refractivity contribution in [1.82, 2.24) is 10.6 Å². The molecule has 1 aromatic rings. The monoisotopic (exact) mass is 298 g/mol. The number of hydrogen-bond donors (Lipinski definition) is 2. The standard InChI is InChI=1S/C15H22N2O2.ClH/c1-11(17-15(18)14-7-4-8-16-14)9-12-5-3-6-13(10-12)19-2;/h3,5-6,10-11,14,16H,4,7-9H2,1-2H3,(H,17,18);1H. The summed E-state index contributed by atoms with van der Waals surface area (Å²) in [6.07, 6.45) is 2.84. The molecule has 2 unspecified atom stereocenters. The molecule has 0 bridgehead atoms. The van der Waals surface area contributed by atoms with Crippen LogP contribution in [-0.4, -0.2) is 31.6 Å². The zero-order chi connectivity index (χ0) is 13.7. The zero-order valence-electron chi connectivity index (χ0n) is 12.0. The van der Waals surface area contributed by atoms with Gasteiger partial charge in [-0.1, -0.05) is 12.1 Å². The maximum Gasteiger partial charge on any atom is 0.237 e. The molecule has 20 heavy (non-hydrogen) atoms. The minimum atomic E-state index is -0.00670. The van der Waals surface area contributed by atoms with Gasteiger partial charge in [0, 0.05) is 6.04 Å². The lowest BCUT2D eigenvalue weighted by Gasteiger charge is -2.17. The second-order valence-corrected chi connectivity index (χ2v) is 5.11. The molecular weight excluding hydrogens is 276 g/mol. The Bertz CT molecular complexity index is 434. The van der Waals surface area contributed by atoms with Crippen LogP contribution in [-0.2, 0) is 11.2 Å². The fourth-order valence-corrected chi connectivity index (χ4v) is 2.46. The van der Waals surface area contributed by atoms with E-state index in [0.717, 1.165) is 31.6 Å². The lowest BCUT2D eigenvalue weighted by atomic mass is 10.1. The zero-order valence-corrected chi connectivity index (χ0v) is 12.8. The molecule has 1 saturated heterocycles. The van der Waals surface area contributed by atoms with E-state index in [9.17, 15) is 4.79 Å². The van der Waals surface area contributed by atoms with E-state index in [1.165, 1.54) is 5.56 Å². The summed E-state index contributed by atoms with van der Waals surface area (Å²) in [5.41, 5.74) is 1.17. The third kappa shape index (κ3) is 4.69. The molecule has 2 atom stereocenters. The van der Waals surface area contributed by atoms with Crippen LogP contribution in [0.4, 0.5) is 0 Å². The highest BCUT2D eigenvalue weighted by Gasteiger charge is 2.22. The van der Waals surface area contributed by atoms with Gasteiger partial charge in [-0.25, -0.2) is 0 Å². The summed E-state index contributed by atoms with van der Waals surface area (Å²) in [6, 6.07) is 8.08. The third-order valence-corrected chi connectivity index (χ3v) is 3.44. The van der Waals surface area contributed by atoms with Crippen molar-refractivity contribution < 1.29 is 9.53 Å². The molecule has 0 radical (unpaired) electrons. The first-order chi connectivity index (χ1) is 9.19. The van der Waals surface area contributed by atoms with Crippen LogP contribution >= 0.6 is 12.4 Å². The molecule has 0 spiro atoms. The number of amides is 1. The number of rotatable bonds is 5. The van der Waals surface area contributed by atoms with E-state index < -0.39 is 0 Å². The molecule has 0 aliphatic carbocycles. The van der Waals surface area contributed by atoms with Gasteiger partial charge in [-0.2, -0.15) is 0 Å². The SMILES string of the molecule is COc1cccc(CC(C)NC(=O)C2CCCN2)c1.Cl. The first-order valence-electron chi connectivity index (χ1n) is 6.85. The quantitative estimate of drug-likeness (QED) is 0.873. The predicted octanol–water partition coefficient (Wildman–Crippen LogP) is 1.92. The Labute approximate surface area is 126 Å².